The van der Waals surface area contributed by atoms with Crippen molar-refractivity contribution in [2.75, 3.05) is 6.54 Å². The van der Waals surface area contributed by atoms with Crippen LogP contribution in [0.25, 0.3) is 4.96 Å². The van der Waals surface area contributed by atoms with E-state index >= 15 is 0 Å². The highest BCUT2D eigenvalue weighted by Gasteiger charge is 2.31. The minimum absolute atomic E-state index is 0.544. The summed E-state index contributed by atoms with van der Waals surface area (Å²) in [5, 5.41) is 3.62. The highest BCUT2D eigenvalue weighted by atomic mass is 32.1. The molecule has 98 valence electrons. The van der Waals surface area contributed by atoms with Crippen LogP contribution in [-0.2, 0) is 6.54 Å². The van der Waals surface area contributed by atoms with E-state index in [0.717, 1.165) is 23.7 Å². The Morgan fingerprint density at radius 3 is 2.89 bits per heavy atom. The number of aromatic nitrogens is 2. The number of imidazole rings is 1. The predicted octanol–water partition coefficient (Wildman–Crippen LogP) is 3.29. The van der Waals surface area contributed by atoms with Gasteiger partial charge in [0, 0.05) is 24.2 Å². The van der Waals surface area contributed by atoms with E-state index in [1.54, 1.807) is 11.3 Å². The van der Waals surface area contributed by atoms with Crippen LogP contribution in [0.2, 0.25) is 0 Å². The molecule has 0 bridgehead atoms. The third-order valence-electron chi connectivity index (χ3n) is 4.15. The van der Waals surface area contributed by atoms with Crippen LogP contribution in [0.15, 0.2) is 6.20 Å². The van der Waals surface area contributed by atoms with E-state index in [4.69, 9.17) is 0 Å². The Kier molecular flexibility index (Phi) is 2.94. The lowest BCUT2D eigenvalue weighted by Gasteiger charge is -2.38. The molecule has 2 aromatic rings. The molecule has 3 nitrogen and oxygen atoms in total. The molecule has 3 rings (SSSR count). The van der Waals surface area contributed by atoms with Crippen LogP contribution < -0.4 is 5.32 Å². The van der Waals surface area contributed by atoms with Gasteiger partial charge in [-0.2, -0.15) is 0 Å². The van der Waals surface area contributed by atoms with Crippen molar-refractivity contribution in [3.63, 3.8) is 0 Å². The van der Waals surface area contributed by atoms with E-state index in [2.05, 4.69) is 41.7 Å². The van der Waals surface area contributed by atoms with Crippen LogP contribution in [0.4, 0.5) is 0 Å². The van der Waals surface area contributed by atoms with Gasteiger partial charge in [-0.3, -0.25) is 4.40 Å². The van der Waals surface area contributed by atoms with Crippen molar-refractivity contribution < 1.29 is 0 Å². The number of nitrogens with zero attached hydrogens (tertiary/aromatic N) is 2. The monoisotopic (exact) mass is 263 g/mol. The molecule has 2 aromatic heterocycles. The van der Waals surface area contributed by atoms with Crippen LogP contribution in [0.1, 0.15) is 42.5 Å². The Hall–Kier alpha value is -0.870. The van der Waals surface area contributed by atoms with E-state index in [0.29, 0.717) is 5.41 Å². The molecule has 18 heavy (non-hydrogen) atoms. The van der Waals surface area contributed by atoms with Crippen molar-refractivity contribution in [1.82, 2.24) is 14.7 Å². The first-order valence-electron chi connectivity index (χ1n) is 6.72. The number of fused-ring (bicyclic) bond motifs is 1. The fraction of sp³-hybridized carbons (Fsp3) is 0.643. The Balaban J connectivity index is 1.71. The zero-order chi connectivity index (χ0) is 12.8. The van der Waals surface area contributed by atoms with Gasteiger partial charge in [0.15, 0.2) is 4.96 Å². The molecule has 0 atom stereocenters. The summed E-state index contributed by atoms with van der Waals surface area (Å²) in [7, 11) is 0. The van der Waals surface area contributed by atoms with Gasteiger partial charge in [-0.25, -0.2) is 4.98 Å². The van der Waals surface area contributed by atoms with Crippen molar-refractivity contribution in [3.05, 3.63) is 22.5 Å². The highest BCUT2D eigenvalue weighted by Crippen LogP contribution is 2.39. The molecule has 1 aliphatic carbocycles. The molecule has 2 heterocycles. The van der Waals surface area contributed by atoms with Gasteiger partial charge in [0.2, 0.25) is 0 Å². The Morgan fingerprint density at radius 1 is 1.44 bits per heavy atom. The topological polar surface area (TPSA) is 29.3 Å². The minimum atomic E-state index is 0.544. The first-order valence-corrected chi connectivity index (χ1v) is 7.54. The van der Waals surface area contributed by atoms with Gasteiger partial charge in [-0.05, 0) is 32.1 Å². The van der Waals surface area contributed by atoms with Gasteiger partial charge >= 0.3 is 0 Å². The molecule has 0 radical (unpaired) electrons. The van der Waals surface area contributed by atoms with E-state index in [1.165, 1.54) is 29.8 Å². The zero-order valence-corrected chi connectivity index (χ0v) is 12.2. The zero-order valence-electron chi connectivity index (χ0n) is 11.4. The van der Waals surface area contributed by atoms with Gasteiger partial charge < -0.3 is 5.32 Å². The standard InChI is InChI=1S/C14H21N3S/c1-10-8-17-12(11(2)16-13(17)18-10)7-15-9-14(3)5-4-6-14/h8,15H,4-7,9H2,1-3H3. The molecule has 4 heteroatoms. The summed E-state index contributed by atoms with van der Waals surface area (Å²) in [6, 6.07) is 0. The summed E-state index contributed by atoms with van der Waals surface area (Å²) in [6.07, 6.45) is 6.34. The second kappa shape index (κ2) is 4.35. The first-order chi connectivity index (χ1) is 8.57. The average Bonchev–Trinajstić information content (AvgIpc) is 2.74. The number of aryl methyl sites for hydroxylation is 2. The van der Waals surface area contributed by atoms with Crippen LogP contribution in [0, 0.1) is 19.3 Å². The van der Waals surface area contributed by atoms with Gasteiger partial charge in [0.25, 0.3) is 0 Å². The molecule has 0 unspecified atom stereocenters. The van der Waals surface area contributed by atoms with E-state index in [1.807, 2.05) is 0 Å². The number of rotatable bonds is 4. The lowest BCUT2D eigenvalue weighted by molar-refractivity contribution is 0.156. The summed E-state index contributed by atoms with van der Waals surface area (Å²) in [6.45, 7) is 8.69. The predicted molar refractivity (Wildman–Crippen MR) is 76.2 cm³/mol. The van der Waals surface area contributed by atoms with Crippen molar-refractivity contribution in [3.8, 4) is 0 Å². The second-order valence-electron chi connectivity index (χ2n) is 5.91. The van der Waals surface area contributed by atoms with Crippen LogP contribution in [0.3, 0.4) is 0 Å². The quantitative estimate of drug-likeness (QED) is 0.917. The summed E-state index contributed by atoms with van der Waals surface area (Å²) >= 11 is 1.77. The Bertz CT molecular complexity index is 563. The maximum atomic E-state index is 4.62. The fourth-order valence-corrected chi connectivity index (χ4v) is 3.65. The molecule has 1 N–H and O–H groups in total. The average molecular weight is 263 g/mol. The molecular formula is C14H21N3S. The molecule has 0 aliphatic heterocycles. The molecule has 0 saturated heterocycles. The van der Waals surface area contributed by atoms with E-state index < -0.39 is 0 Å². The maximum absolute atomic E-state index is 4.62. The first kappa shape index (κ1) is 12.2. The van der Waals surface area contributed by atoms with E-state index in [-0.39, 0.29) is 0 Å². The van der Waals surface area contributed by atoms with Crippen LogP contribution >= 0.6 is 11.3 Å². The molecule has 1 fully saturated rings. The van der Waals surface area contributed by atoms with Gasteiger partial charge in [0.05, 0.1) is 11.4 Å². The second-order valence-corrected chi connectivity index (χ2v) is 7.12. The number of hydrogen-bond donors (Lipinski definition) is 1. The maximum Gasteiger partial charge on any atom is 0.194 e. The molecule has 0 aromatic carbocycles. The fourth-order valence-electron chi connectivity index (χ4n) is 2.76. The highest BCUT2D eigenvalue weighted by molar-refractivity contribution is 7.17. The third-order valence-corrected chi connectivity index (χ3v) is 5.04. The molecule has 0 amide bonds. The normalized spacial score (nSPS) is 18.2. The SMILES string of the molecule is Cc1cn2c(CNCC3(C)CCC3)c(C)nc2s1. The van der Waals surface area contributed by atoms with Gasteiger partial charge in [0.1, 0.15) is 0 Å². The van der Waals surface area contributed by atoms with Crippen molar-refractivity contribution in [2.24, 2.45) is 5.41 Å². The summed E-state index contributed by atoms with van der Waals surface area (Å²) in [4.78, 5) is 7.07. The molecule has 0 spiro atoms. The largest absolute Gasteiger partial charge is 0.311 e. The van der Waals surface area contributed by atoms with Gasteiger partial charge in [-0.15, -0.1) is 11.3 Å². The Morgan fingerprint density at radius 2 is 2.22 bits per heavy atom. The lowest BCUT2D eigenvalue weighted by atomic mass is 9.70. The summed E-state index contributed by atoms with van der Waals surface area (Å²) < 4.78 is 2.24. The van der Waals surface area contributed by atoms with Crippen LogP contribution in [0.5, 0.6) is 0 Å². The van der Waals surface area contributed by atoms with Crippen molar-refractivity contribution in [1.29, 1.82) is 0 Å². The smallest absolute Gasteiger partial charge is 0.194 e. The summed E-state index contributed by atoms with van der Waals surface area (Å²) in [5.74, 6) is 0. The van der Waals surface area contributed by atoms with Gasteiger partial charge in [-0.1, -0.05) is 13.3 Å². The van der Waals surface area contributed by atoms with Crippen molar-refractivity contribution in [2.45, 2.75) is 46.6 Å². The number of thiazole rings is 1. The van der Waals surface area contributed by atoms with E-state index in [9.17, 15) is 0 Å². The molecule has 1 aliphatic rings. The van der Waals surface area contributed by atoms with Crippen molar-refractivity contribution >= 4 is 16.3 Å². The lowest BCUT2D eigenvalue weighted by Crippen LogP contribution is -2.37. The minimum Gasteiger partial charge on any atom is -0.311 e. The number of nitrogens with one attached hydrogen (secondary N) is 1. The van der Waals surface area contributed by atoms with Crippen LogP contribution in [-0.4, -0.2) is 15.9 Å². The molecular weight excluding hydrogens is 242 g/mol. The number of hydrogen-bond acceptors (Lipinski definition) is 3. The Labute approximate surface area is 112 Å². The summed E-state index contributed by atoms with van der Waals surface area (Å²) in [5.41, 5.74) is 3.02. The molecule has 1 saturated carbocycles. The third kappa shape index (κ3) is 2.08.